The molecule has 0 aliphatic heterocycles. The third-order valence-electron chi connectivity index (χ3n) is 4.71. The van der Waals surface area contributed by atoms with Gasteiger partial charge in [-0.1, -0.05) is 25.1 Å². The Morgan fingerprint density at radius 1 is 1.35 bits per heavy atom. The van der Waals surface area contributed by atoms with E-state index in [4.69, 9.17) is 12.2 Å². The summed E-state index contributed by atoms with van der Waals surface area (Å²) in [4.78, 5) is 18.8. The summed E-state index contributed by atoms with van der Waals surface area (Å²) in [7, 11) is 0. The van der Waals surface area contributed by atoms with Crippen LogP contribution < -0.4 is 5.56 Å². The largest absolute Gasteiger partial charge is 0.323 e. The van der Waals surface area contributed by atoms with Gasteiger partial charge in [0.1, 0.15) is 4.83 Å². The number of aromatic amines is 1. The number of hydrogen-bond donors (Lipinski definition) is 1. The zero-order valence-corrected chi connectivity index (χ0v) is 14.8. The van der Waals surface area contributed by atoms with Crippen LogP contribution in [0, 0.1) is 17.6 Å². The molecule has 3 aromatic rings. The Hall–Kier alpha value is -1.72. The van der Waals surface area contributed by atoms with Gasteiger partial charge < -0.3 is 4.98 Å². The summed E-state index contributed by atoms with van der Waals surface area (Å²) in [6.45, 7) is 4.28. The van der Waals surface area contributed by atoms with Crippen LogP contribution in [0.2, 0.25) is 0 Å². The second kappa shape index (κ2) is 5.42. The zero-order chi connectivity index (χ0) is 16.1. The minimum Gasteiger partial charge on any atom is -0.323 e. The molecular weight excluding hydrogens is 324 g/mol. The lowest BCUT2D eigenvalue weighted by atomic mass is 9.89. The summed E-state index contributed by atoms with van der Waals surface area (Å²) < 4.78 is 2.13. The molecule has 2 aromatic heterocycles. The Morgan fingerprint density at radius 2 is 2.13 bits per heavy atom. The minimum absolute atomic E-state index is 0.0186. The van der Waals surface area contributed by atoms with Crippen LogP contribution in [0.4, 0.5) is 0 Å². The normalized spacial score (nSPS) is 17.4. The van der Waals surface area contributed by atoms with E-state index in [1.165, 1.54) is 10.4 Å². The maximum absolute atomic E-state index is 13.2. The van der Waals surface area contributed by atoms with E-state index in [1.54, 1.807) is 15.9 Å². The van der Waals surface area contributed by atoms with E-state index in [2.05, 4.69) is 11.9 Å². The molecule has 2 heterocycles. The van der Waals surface area contributed by atoms with Crippen molar-refractivity contribution in [1.82, 2.24) is 9.55 Å². The molecule has 23 heavy (non-hydrogen) atoms. The third-order valence-corrected chi connectivity index (χ3v) is 6.16. The number of H-pyrrole nitrogens is 1. The minimum atomic E-state index is 0.0186. The van der Waals surface area contributed by atoms with Gasteiger partial charge in [-0.25, -0.2) is 0 Å². The van der Waals surface area contributed by atoms with Crippen molar-refractivity contribution >= 4 is 33.8 Å². The number of thiophene rings is 1. The highest BCUT2D eigenvalue weighted by Gasteiger charge is 2.23. The maximum Gasteiger partial charge on any atom is 0.267 e. The Kier molecular flexibility index (Phi) is 3.50. The molecule has 0 spiro atoms. The molecule has 0 saturated heterocycles. The molecule has 3 nitrogen and oxygen atoms in total. The van der Waals surface area contributed by atoms with Gasteiger partial charge in [-0.2, -0.15) is 0 Å². The van der Waals surface area contributed by atoms with Crippen molar-refractivity contribution in [3.05, 3.63) is 55.4 Å². The van der Waals surface area contributed by atoms with Gasteiger partial charge in [-0.15, -0.1) is 11.3 Å². The number of benzene rings is 1. The SMILES string of the molecule is Cc1ccccc1-n1c(=S)[nH]c2sc3c(c2c1=O)CC[C@@H](C)C3. The highest BCUT2D eigenvalue weighted by molar-refractivity contribution is 7.71. The van der Waals surface area contributed by atoms with Crippen molar-refractivity contribution in [3.63, 3.8) is 0 Å². The molecule has 1 aliphatic carbocycles. The molecule has 5 heteroatoms. The first-order valence-electron chi connectivity index (χ1n) is 7.92. The summed E-state index contributed by atoms with van der Waals surface area (Å²) in [5, 5.41) is 0.841. The summed E-state index contributed by atoms with van der Waals surface area (Å²) in [6.07, 6.45) is 3.21. The third kappa shape index (κ3) is 2.30. The molecule has 118 valence electrons. The highest BCUT2D eigenvalue weighted by Crippen LogP contribution is 2.35. The first-order chi connectivity index (χ1) is 11.1. The van der Waals surface area contributed by atoms with Gasteiger partial charge in [0, 0.05) is 4.88 Å². The van der Waals surface area contributed by atoms with Crippen LogP contribution in [0.3, 0.4) is 0 Å². The van der Waals surface area contributed by atoms with Crippen LogP contribution in [0.25, 0.3) is 15.9 Å². The fourth-order valence-corrected chi connectivity index (χ4v) is 5.21. The Balaban J connectivity index is 2.07. The van der Waals surface area contributed by atoms with Gasteiger partial charge in [0.25, 0.3) is 5.56 Å². The van der Waals surface area contributed by atoms with Crippen molar-refractivity contribution in [2.45, 2.75) is 33.1 Å². The summed E-state index contributed by atoms with van der Waals surface area (Å²) in [5.74, 6) is 0.692. The van der Waals surface area contributed by atoms with E-state index in [-0.39, 0.29) is 5.56 Å². The average Bonchev–Trinajstić information content (AvgIpc) is 2.86. The summed E-state index contributed by atoms with van der Waals surface area (Å²) in [6, 6.07) is 7.88. The molecule has 0 amide bonds. The standard InChI is InChI=1S/C18H18N2OS2/c1-10-7-8-12-14(9-10)23-16-15(12)17(21)20(18(22)19-16)13-6-4-3-5-11(13)2/h3-6,10H,7-9H2,1-2H3,(H,19,22)/t10-/m1/s1. The first kappa shape index (κ1) is 14.8. The van der Waals surface area contributed by atoms with E-state index < -0.39 is 0 Å². The molecule has 1 atom stereocenters. The van der Waals surface area contributed by atoms with Gasteiger partial charge in [0.2, 0.25) is 0 Å². The number of hydrogen-bond acceptors (Lipinski definition) is 3. The molecule has 0 fully saturated rings. The molecule has 0 saturated carbocycles. The van der Waals surface area contributed by atoms with Crippen molar-refractivity contribution in [3.8, 4) is 5.69 Å². The van der Waals surface area contributed by atoms with Gasteiger partial charge in [0.15, 0.2) is 4.77 Å². The Morgan fingerprint density at radius 3 is 2.91 bits per heavy atom. The molecule has 1 aromatic carbocycles. The Labute approximate surface area is 143 Å². The zero-order valence-electron chi connectivity index (χ0n) is 13.2. The van der Waals surface area contributed by atoms with Crippen LogP contribution in [0.1, 0.15) is 29.3 Å². The number of rotatable bonds is 1. The topological polar surface area (TPSA) is 37.8 Å². The Bertz CT molecular complexity index is 1030. The molecule has 0 bridgehead atoms. The van der Waals surface area contributed by atoms with Crippen LogP contribution >= 0.6 is 23.6 Å². The lowest BCUT2D eigenvalue weighted by Crippen LogP contribution is -2.22. The second-order valence-corrected chi connectivity index (χ2v) is 7.90. The smallest absolute Gasteiger partial charge is 0.267 e. The summed E-state index contributed by atoms with van der Waals surface area (Å²) >= 11 is 7.19. The van der Waals surface area contributed by atoms with Crippen molar-refractivity contribution in [1.29, 1.82) is 0 Å². The summed E-state index contributed by atoms with van der Waals surface area (Å²) in [5.41, 5.74) is 3.17. The van der Waals surface area contributed by atoms with Crippen LogP contribution in [0.5, 0.6) is 0 Å². The van der Waals surface area contributed by atoms with Crippen LogP contribution in [-0.4, -0.2) is 9.55 Å². The molecule has 1 N–H and O–H groups in total. The van der Waals surface area contributed by atoms with Gasteiger partial charge in [-0.3, -0.25) is 9.36 Å². The van der Waals surface area contributed by atoms with Crippen LogP contribution in [0.15, 0.2) is 29.1 Å². The lowest BCUT2D eigenvalue weighted by Gasteiger charge is -2.17. The van der Waals surface area contributed by atoms with Gasteiger partial charge in [0.05, 0.1) is 11.1 Å². The molecule has 0 radical (unpaired) electrons. The maximum atomic E-state index is 13.2. The monoisotopic (exact) mass is 342 g/mol. The van der Waals surface area contributed by atoms with Crippen molar-refractivity contribution < 1.29 is 0 Å². The molecule has 1 aliphatic rings. The van der Waals surface area contributed by atoms with E-state index >= 15 is 0 Å². The van der Waals surface area contributed by atoms with Crippen molar-refractivity contribution in [2.75, 3.05) is 0 Å². The van der Waals surface area contributed by atoms with Crippen LogP contribution in [-0.2, 0) is 12.8 Å². The number of aromatic nitrogens is 2. The number of nitrogens with zero attached hydrogens (tertiary/aromatic N) is 1. The van der Waals surface area contributed by atoms with Crippen molar-refractivity contribution in [2.24, 2.45) is 5.92 Å². The molecular formula is C18H18N2OS2. The number of para-hydroxylation sites is 1. The first-order valence-corrected chi connectivity index (χ1v) is 9.14. The van der Waals surface area contributed by atoms with Gasteiger partial charge in [-0.05, 0) is 61.5 Å². The molecule has 4 rings (SSSR count). The van der Waals surface area contributed by atoms with E-state index in [9.17, 15) is 4.79 Å². The number of aryl methyl sites for hydroxylation is 2. The number of nitrogens with one attached hydrogen (secondary N) is 1. The quantitative estimate of drug-likeness (QED) is 0.659. The lowest BCUT2D eigenvalue weighted by molar-refractivity contribution is 0.509. The van der Waals surface area contributed by atoms with Gasteiger partial charge >= 0.3 is 0 Å². The van der Waals surface area contributed by atoms with E-state index in [1.807, 2.05) is 31.2 Å². The van der Waals surface area contributed by atoms with E-state index in [0.29, 0.717) is 10.7 Å². The predicted molar refractivity (Wildman–Crippen MR) is 98.5 cm³/mol. The number of fused-ring (bicyclic) bond motifs is 3. The second-order valence-electron chi connectivity index (χ2n) is 6.41. The highest BCUT2D eigenvalue weighted by atomic mass is 32.1. The van der Waals surface area contributed by atoms with E-state index in [0.717, 1.165) is 40.7 Å². The fourth-order valence-electron chi connectivity index (χ4n) is 3.46. The fraction of sp³-hybridized carbons (Fsp3) is 0.333. The predicted octanol–water partition coefficient (Wildman–Crippen LogP) is 4.54. The molecule has 0 unspecified atom stereocenters. The average molecular weight is 342 g/mol.